The molecule has 0 aliphatic carbocycles. The van der Waals surface area contributed by atoms with Gasteiger partial charge in [0.25, 0.3) is 5.91 Å². The average molecular weight is 589 g/mol. The summed E-state index contributed by atoms with van der Waals surface area (Å²) in [5.74, 6) is 0.599. The summed E-state index contributed by atoms with van der Waals surface area (Å²) in [5, 5.41) is 21.5. The molecule has 2 aromatic carbocycles. The number of amides is 1. The van der Waals surface area contributed by atoms with E-state index in [2.05, 4.69) is 58.2 Å². The zero-order valence-corrected chi connectivity index (χ0v) is 20.0. The number of aromatic hydroxyl groups is 1. The fraction of sp³-hybridized carbons (Fsp3) is 0.167. The second kappa shape index (κ2) is 7.81. The molecule has 2 aromatic rings. The summed E-state index contributed by atoms with van der Waals surface area (Å²) in [4.78, 5) is 17.8. The molecule has 0 saturated heterocycles. The van der Waals surface area contributed by atoms with Gasteiger partial charge < -0.3 is 5.11 Å². The number of amidine groups is 1. The summed E-state index contributed by atoms with van der Waals surface area (Å²) in [6.45, 7) is 1.99. The number of phenols is 1. The maximum absolute atomic E-state index is 12.9. The largest absolute Gasteiger partial charge is 0.506 e. The van der Waals surface area contributed by atoms with Crippen LogP contribution >= 0.6 is 59.6 Å². The van der Waals surface area contributed by atoms with Gasteiger partial charge in [-0.3, -0.25) is 15.1 Å². The number of benzene rings is 2. The fourth-order valence-electron chi connectivity index (χ4n) is 3.05. The highest BCUT2D eigenvalue weighted by atomic mass is 79.9. The van der Waals surface area contributed by atoms with Crippen LogP contribution in [-0.4, -0.2) is 26.9 Å². The maximum atomic E-state index is 12.9. The first-order valence-electron chi connectivity index (χ1n) is 8.28. The molecule has 0 fully saturated rings. The Morgan fingerprint density at radius 1 is 1.25 bits per heavy atom. The molecule has 0 saturated carbocycles. The third kappa shape index (κ3) is 3.30. The number of nitrogens with zero attached hydrogens (tertiary/aromatic N) is 3. The third-order valence-corrected chi connectivity index (χ3v) is 7.05. The fourth-order valence-corrected chi connectivity index (χ4v) is 6.16. The summed E-state index contributed by atoms with van der Waals surface area (Å²) < 4.78 is 1.74. The number of carbonyl (C=O) groups is 1. The Balaban J connectivity index is 2.02. The lowest BCUT2D eigenvalue weighted by molar-refractivity contribution is -0.116. The molecule has 2 aliphatic rings. The van der Waals surface area contributed by atoms with Crippen molar-refractivity contribution in [2.24, 2.45) is 10.1 Å². The number of carbonyl (C=O) groups excluding carboxylic acids is 1. The summed E-state index contributed by atoms with van der Waals surface area (Å²) in [6.07, 6.45) is -0.633. The average Bonchev–Trinajstić information content (AvgIpc) is 2.66. The van der Waals surface area contributed by atoms with Crippen molar-refractivity contribution >= 4 is 76.3 Å². The van der Waals surface area contributed by atoms with E-state index in [4.69, 9.17) is 4.99 Å². The van der Waals surface area contributed by atoms with E-state index >= 15 is 0 Å². The van der Waals surface area contributed by atoms with Crippen LogP contribution in [0.1, 0.15) is 18.7 Å². The lowest BCUT2D eigenvalue weighted by Gasteiger charge is -2.34. The number of thioether (sulfide) groups is 1. The topological polar surface area (TPSA) is 77.3 Å². The summed E-state index contributed by atoms with van der Waals surface area (Å²) in [6, 6.07) is 9.21. The van der Waals surface area contributed by atoms with Crippen LogP contribution < -0.4 is 15.9 Å². The molecule has 10 heteroatoms. The van der Waals surface area contributed by atoms with E-state index in [1.165, 1.54) is 11.8 Å². The molecule has 2 N–H and O–H groups in total. The van der Waals surface area contributed by atoms with Gasteiger partial charge in [0.1, 0.15) is 11.4 Å². The number of hydrogen-bond donors (Lipinski definition) is 2. The smallest absolute Gasteiger partial charge is 0.276 e. The minimum atomic E-state index is -0.633. The van der Waals surface area contributed by atoms with Gasteiger partial charge in [-0.2, -0.15) is 0 Å². The van der Waals surface area contributed by atoms with Crippen LogP contribution in [0.15, 0.2) is 53.8 Å². The van der Waals surface area contributed by atoms with Crippen molar-refractivity contribution in [3.63, 3.8) is 0 Å². The van der Waals surface area contributed by atoms with E-state index in [9.17, 15) is 9.90 Å². The van der Waals surface area contributed by atoms with Crippen molar-refractivity contribution in [2.75, 3.05) is 5.75 Å². The standard InChI is InChI=1S/C18H13Br3N4O2S/c1-2-28-18-23-17(27)14-8-5-3-4-6-11(8)22-16(25(14)24-18)12-9(19)7-10(20)15(26)13(12)21/h3-7,16,26H,2H2,1H3,(H,23,24,27). The number of hydrogen-bond acceptors (Lipinski definition) is 6. The van der Waals surface area contributed by atoms with E-state index in [1.54, 1.807) is 11.1 Å². The Labute approximate surface area is 190 Å². The van der Waals surface area contributed by atoms with E-state index in [1.807, 2.05) is 31.2 Å². The Morgan fingerprint density at radius 2 is 2.00 bits per heavy atom. The Bertz CT molecular complexity index is 1150. The third-order valence-electron chi connectivity index (χ3n) is 4.24. The van der Waals surface area contributed by atoms with Gasteiger partial charge in [-0.15, -0.1) is 5.10 Å². The molecular weight excluding hydrogens is 576 g/mol. The van der Waals surface area contributed by atoms with Crippen LogP contribution in [0.2, 0.25) is 0 Å². The molecule has 2 heterocycles. The number of nitrogens with one attached hydrogen (secondary N) is 1. The van der Waals surface area contributed by atoms with Crippen LogP contribution in [0.25, 0.3) is 5.70 Å². The van der Waals surface area contributed by atoms with Gasteiger partial charge >= 0.3 is 0 Å². The Morgan fingerprint density at radius 3 is 2.75 bits per heavy atom. The van der Waals surface area contributed by atoms with Crippen LogP contribution in [0.5, 0.6) is 5.75 Å². The lowest BCUT2D eigenvalue weighted by Crippen LogP contribution is -2.50. The molecule has 6 nitrogen and oxygen atoms in total. The Kier molecular flexibility index (Phi) is 5.56. The molecule has 1 unspecified atom stereocenters. The molecule has 0 spiro atoms. The minimum Gasteiger partial charge on any atom is -0.506 e. The predicted molar refractivity (Wildman–Crippen MR) is 120 cm³/mol. The molecule has 0 radical (unpaired) electrons. The van der Waals surface area contributed by atoms with E-state index in [0.717, 1.165) is 10.2 Å². The van der Waals surface area contributed by atoms with Crippen LogP contribution in [0, 0.1) is 0 Å². The van der Waals surface area contributed by atoms with Crippen molar-refractivity contribution in [1.82, 2.24) is 10.3 Å². The number of hydrazone groups is 1. The molecule has 28 heavy (non-hydrogen) atoms. The number of para-hydroxylation sites is 1. The van der Waals surface area contributed by atoms with Crippen LogP contribution in [0.3, 0.4) is 0 Å². The molecule has 1 amide bonds. The second-order valence-electron chi connectivity index (χ2n) is 5.92. The monoisotopic (exact) mass is 586 g/mol. The van der Waals surface area contributed by atoms with Crippen molar-refractivity contribution in [3.05, 3.63) is 59.9 Å². The minimum absolute atomic E-state index is 0.0578. The number of halogens is 3. The summed E-state index contributed by atoms with van der Waals surface area (Å²) >= 11 is 11.8. The van der Waals surface area contributed by atoms with E-state index in [0.29, 0.717) is 35.9 Å². The van der Waals surface area contributed by atoms with Crippen LogP contribution in [0.4, 0.5) is 0 Å². The number of phenolic OH excluding ortho intramolecular Hbond substituents is 1. The quantitative estimate of drug-likeness (QED) is 0.562. The highest BCUT2D eigenvalue weighted by Gasteiger charge is 2.36. The first-order chi connectivity index (χ1) is 13.4. The Hall–Kier alpha value is -1.36. The SMILES string of the molecule is CCSC1=NN2C(=c3ccccc3=NC2c2c(Br)cc(Br)c(O)c2Br)C(=O)N1. The van der Waals surface area contributed by atoms with Gasteiger partial charge in [0, 0.05) is 15.3 Å². The molecular formula is C18H13Br3N4O2S. The summed E-state index contributed by atoms with van der Waals surface area (Å²) in [7, 11) is 0. The van der Waals surface area contributed by atoms with Gasteiger partial charge in [0.2, 0.25) is 0 Å². The van der Waals surface area contributed by atoms with Crippen molar-refractivity contribution in [1.29, 1.82) is 0 Å². The zero-order valence-electron chi connectivity index (χ0n) is 14.4. The number of rotatable bonds is 2. The van der Waals surface area contributed by atoms with Gasteiger partial charge in [-0.05, 0) is 49.7 Å². The molecule has 2 aliphatic heterocycles. The maximum Gasteiger partial charge on any atom is 0.276 e. The second-order valence-corrected chi connectivity index (χ2v) is 9.68. The molecule has 144 valence electrons. The number of fused-ring (bicyclic) bond motifs is 2. The zero-order chi connectivity index (χ0) is 20.0. The molecule has 4 rings (SSSR count). The lowest BCUT2D eigenvalue weighted by atomic mass is 10.1. The first-order valence-corrected chi connectivity index (χ1v) is 11.6. The van der Waals surface area contributed by atoms with Gasteiger partial charge in [-0.1, -0.05) is 52.8 Å². The van der Waals surface area contributed by atoms with Crippen molar-refractivity contribution in [3.8, 4) is 5.75 Å². The van der Waals surface area contributed by atoms with Crippen LogP contribution in [-0.2, 0) is 4.79 Å². The molecule has 0 aromatic heterocycles. The van der Waals surface area contributed by atoms with Crippen molar-refractivity contribution < 1.29 is 9.90 Å². The molecule has 1 atom stereocenters. The molecule has 0 bridgehead atoms. The normalized spacial score (nSPS) is 18.1. The summed E-state index contributed by atoms with van der Waals surface area (Å²) in [5.41, 5.74) is 1.10. The van der Waals surface area contributed by atoms with Gasteiger partial charge in [0.05, 0.1) is 14.3 Å². The van der Waals surface area contributed by atoms with E-state index in [-0.39, 0.29) is 11.7 Å². The first kappa shape index (κ1) is 19.9. The van der Waals surface area contributed by atoms with Gasteiger partial charge in [0.15, 0.2) is 11.3 Å². The predicted octanol–water partition coefficient (Wildman–Crippen LogP) is 3.58. The highest BCUT2D eigenvalue weighted by molar-refractivity contribution is 9.11. The van der Waals surface area contributed by atoms with Gasteiger partial charge in [-0.25, -0.2) is 5.01 Å². The van der Waals surface area contributed by atoms with Crippen molar-refractivity contribution in [2.45, 2.75) is 13.1 Å². The van der Waals surface area contributed by atoms with E-state index < -0.39 is 6.17 Å². The highest BCUT2D eigenvalue weighted by Crippen LogP contribution is 2.45.